The first-order valence-corrected chi connectivity index (χ1v) is 12.2. The molecule has 0 unspecified atom stereocenters. The zero-order chi connectivity index (χ0) is 24.2. The summed E-state index contributed by atoms with van der Waals surface area (Å²) in [6, 6.07) is 39.8. The Kier molecular flexibility index (Phi) is 6.51. The molecule has 5 aromatic rings. The molecule has 2 N–H and O–H groups in total. The van der Waals surface area contributed by atoms with Crippen molar-refractivity contribution >= 4 is 22.4 Å². The van der Waals surface area contributed by atoms with Gasteiger partial charge in [0.15, 0.2) is 0 Å². The number of hydrogen-bond donors (Lipinski definition) is 1. The lowest BCUT2D eigenvalue weighted by Gasteiger charge is -2.10. The molecule has 35 heavy (non-hydrogen) atoms. The van der Waals surface area contributed by atoms with Crippen LogP contribution in [0.5, 0.6) is 0 Å². The van der Waals surface area contributed by atoms with Crippen LogP contribution in [-0.2, 0) is 0 Å². The van der Waals surface area contributed by atoms with E-state index in [2.05, 4.69) is 79.4 Å². The second kappa shape index (κ2) is 10.0. The van der Waals surface area contributed by atoms with E-state index in [1.54, 1.807) is 23.9 Å². The Morgan fingerprint density at radius 2 is 0.914 bits per heavy atom. The smallest absolute Gasteiger partial charge is 0.123 e. The summed E-state index contributed by atoms with van der Waals surface area (Å²) in [6.07, 6.45) is 0. The molecule has 0 fully saturated rings. The fourth-order valence-corrected chi connectivity index (χ4v) is 4.82. The number of para-hydroxylation sites is 1. The largest absolute Gasteiger partial charge is 0.398 e. The predicted octanol–water partition coefficient (Wildman–Crippen LogP) is 9.17. The molecular formula is C32H24FNS. The van der Waals surface area contributed by atoms with Crippen LogP contribution >= 0.6 is 11.8 Å². The minimum absolute atomic E-state index is 0.221. The van der Waals surface area contributed by atoms with Gasteiger partial charge >= 0.3 is 0 Å². The Bertz CT molecular complexity index is 1450. The topological polar surface area (TPSA) is 26.0 Å². The molecule has 0 aromatic heterocycles. The maximum Gasteiger partial charge on any atom is 0.123 e. The summed E-state index contributed by atoms with van der Waals surface area (Å²) in [6.45, 7) is 4.23. The third-order valence-corrected chi connectivity index (χ3v) is 7.05. The Hall–Kier alpha value is -4.08. The highest BCUT2D eigenvalue weighted by molar-refractivity contribution is 8.08. The highest BCUT2D eigenvalue weighted by Gasteiger charge is 2.06. The molecule has 5 rings (SSSR count). The normalized spacial score (nSPS) is 10.8. The molecule has 3 heteroatoms. The summed E-state index contributed by atoms with van der Waals surface area (Å²) in [5.74, 6) is -0.221. The average Bonchev–Trinajstić information content (AvgIpc) is 2.91. The van der Waals surface area contributed by atoms with E-state index in [0.29, 0.717) is 0 Å². The molecule has 0 spiro atoms. The van der Waals surface area contributed by atoms with Crippen molar-refractivity contribution in [3.63, 3.8) is 0 Å². The molecule has 0 atom stereocenters. The summed E-state index contributed by atoms with van der Waals surface area (Å²) in [5, 5.41) is 0. The number of hydrogen-bond acceptors (Lipinski definition) is 2. The summed E-state index contributed by atoms with van der Waals surface area (Å²) in [4.78, 5) is 1.98. The van der Waals surface area contributed by atoms with E-state index < -0.39 is 0 Å². The van der Waals surface area contributed by atoms with Gasteiger partial charge in [0.1, 0.15) is 5.82 Å². The van der Waals surface area contributed by atoms with Crippen molar-refractivity contribution in [1.82, 2.24) is 0 Å². The van der Waals surface area contributed by atoms with E-state index in [1.807, 2.05) is 24.3 Å². The lowest BCUT2D eigenvalue weighted by Crippen LogP contribution is -1.88. The Balaban J connectivity index is 1.28. The van der Waals surface area contributed by atoms with Gasteiger partial charge in [-0.2, -0.15) is 0 Å². The highest BCUT2D eigenvalue weighted by Crippen LogP contribution is 2.36. The number of thioether (sulfide) groups is 1. The summed E-state index contributed by atoms with van der Waals surface area (Å²) >= 11 is 1.59. The number of halogens is 1. The van der Waals surface area contributed by atoms with E-state index in [1.165, 1.54) is 12.1 Å². The lowest BCUT2D eigenvalue weighted by molar-refractivity contribution is 0.628. The monoisotopic (exact) mass is 473 g/mol. The van der Waals surface area contributed by atoms with Gasteiger partial charge < -0.3 is 5.73 Å². The zero-order valence-electron chi connectivity index (χ0n) is 19.1. The van der Waals surface area contributed by atoms with Crippen molar-refractivity contribution < 1.29 is 4.39 Å². The first kappa shape index (κ1) is 22.7. The van der Waals surface area contributed by atoms with Crippen molar-refractivity contribution in [2.24, 2.45) is 0 Å². The third-order valence-electron chi connectivity index (χ3n) is 5.97. The van der Waals surface area contributed by atoms with Crippen molar-refractivity contribution in [3.05, 3.63) is 139 Å². The van der Waals surface area contributed by atoms with E-state index in [-0.39, 0.29) is 5.82 Å². The number of nitrogens with two attached hydrogens (primary N) is 1. The fourth-order valence-electron chi connectivity index (χ4n) is 3.97. The van der Waals surface area contributed by atoms with Gasteiger partial charge in [0, 0.05) is 15.5 Å². The summed E-state index contributed by atoms with van der Waals surface area (Å²) < 4.78 is 13.2. The van der Waals surface area contributed by atoms with Crippen molar-refractivity contribution in [2.75, 3.05) is 5.73 Å². The molecule has 0 radical (unpaired) electrons. The Morgan fingerprint density at radius 3 is 1.34 bits per heavy atom. The summed E-state index contributed by atoms with van der Waals surface area (Å²) in [5.41, 5.74) is 14.6. The second-order valence-corrected chi connectivity index (χ2v) is 9.44. The van der Waals surface area contributed by atoms with E-state index in [0.717, 1.165) is 54.4 Å². The molecule has 0 saturated heterocycles. The average molecular weight is 474 g/mol. The number of rotatable bonds is 6. The van der Waals surface area contributed by atoms with Gasteiger partial charge in [0.2, 0.25) is 0 Å². The first-order chi connectivity index (χ1) is 17.1. The van der Waals surface area contributed by atoms with Crippen LogP contribution in [-0.4, -0.2) is 0 Å². The SMILES string of the molecule is C=C(Sc1ccccc1N)c1ccc(-c2ccc(-c3ccc(-c4ccc(F)cc4)cc3)cc2)cc1. The van der Waals surface area contributed by atoms with E-state index in [9.17, 15) is 4.39 Å². The zero-order valence-corrected chi connectivity index (χ0v) is 19.9. The summed E-state index contributed by atoms with van der Waals surface area (Å²) in [7, 11) is 0. The molecule has 0 aliphatic carbocycles. The van der Waals surface area contributed by atoms with Crippen LogP contribution < -0.4 is 5.73 Å². The van der Waals surface area contributed by atoms with Gasteiger partial charge in [0.25, 0.3) is 0 Å². The van der Waals surface area contributed by atoms with Crippen LogP contribution in [0.4, 0.5) is 10.1 Å². The minimum atomic E-state index is -0.221. The molecule has 0 aliphatic heterocycles. The van der Waals surface area contributed by atoms with Gasteiger partial charge in [-0.05, 0) is 63.2 Å². The molecule has 5 aromatic carbocycles. The molecular weight excluding hydrogens is 449 g/mol. The molecule has 0 bridgehead atoms. The molecule has 0 saturated carbocycles. The highest BCUT2D eigenvalue weighted by atomic mass is 32.2. The van der Waals surface area contributed by atoms with E-state index in [4.69, 9.17) is 5.73 Å². The lowest BCUT2D eigenvalue weighted by atomic mass is 9.98. The second-order valence-electron chi connectivity index (χ2n) is 8.30. The number of anilines is 1. The number of nitrogen functional groups attached to an aromatic ring is 1. The van der Waals surface area contributed by atoms with Crippen LogP contribution in [0.15, 0.2) is 133 Å². The maximum atomic E-state index is 13.2. The predicted molar refractivity (Wildman–Crippen MR) is 148 cm³/mol. The Labute approximate surface area is 209 Å². The molecule has 170 valence electrons. The van der Waals surface area contributed by atoms with E-state index >= 15 is 0 Å². The van der Waals surface area contributed by atoms with Gasteiger partial charge in [-0.3, -0.25) is 0 Å². The van der Waals surface area contributed by atoms with Crippen molar-refractivity contribution in [2.45, 2.75) is 4.90 Å². The molecule has 1 nitrogen and oxygen atoms in total. The third kappa shape index (κ3) is 5.21. The maximum absolute atomic E-state index is 13.2. The quantitative estimate of drug-likeness (QED) is 0.196. The number of benzene rings is 5. The van der Waals surface area contributed by atoms with Gasteiger partial charge in [-0.15, -0.1) is 0 Å². The Morgan fingerprint density at radius 1 is 0.543 bits per heavy atom. The van der Waals surface area contributed by atoms with Crippen LogP contribution in [0.3, 0.4) is 0 Å². The standard InChI is InChI=1S/C32H24FNS/c1-22(35-32-5-3-2-4-31(32)34)23-6-8-24(9-7-23)25-10-12-26(13-11-25)27-14-16-28(17-15-27)29-18-20-30(33)21-19-29/h2-21H,1,34H2. The van der Waals surface area contributed by atoms with Crippen LogP contribution in [0.25, 0.3) is 38.3 Å². The van der Waals surface area contributed by atoms with Gasteiger partial charge in [0.05, 0.1) is 0 Å². The van der Waals surface area contributed by atoms with Gasteiger partial charge in [-0.25, -0.2) is 4.39 Å². The fraction of sp³-hybridized carbons (Fsp3) is 0. The molecule has 0 amide bonds. The first-order valence-electron chi connectivity index (χ1n) is 11.4. The van der Waals surface area contributed by atoms with Crippen LogP contribution in [0.1, 0.15) is 5.56 Å². The molecule has 0 aliphatic rings. The van der Waals surface area contributed by atoms with Crippen molar-refractivity contribution in [1.29, 1.82) is 0 Å². The van der Waals surface area contributed by atoms with Gasteiger partial charge in [-0.1, -0.05) is 115 Å². The minimum Gasteiger partial charge on any atom is -0.398 e. The van der Waals surface area contributed by atoms with Crippen LogP contribution in [0, 0.1) is 5.82 Å². The van der Waals surface area contributed by atoms with Crippen molar-refractivity contribution in [3.8, 4) is 33.4 Å². The van der Waals surface area contributed by atoms with Crippen LogP contribution in [0.2, 0.25) is 0 Å². The molecule has 0 heterocycles.